The van der Waals surface area contributed by atoms with Crippen LogP contribution in [0.2, 0.25) is 5.02 Å². The SMILES string of the molecule is Cc1ccc([C@@H](c2ccccc2)N(C)C(=O)c2ccc([N+](=O)[O-])cc2)c(Cl)c1. The van der Waals surface area contributed by atoms with Crippen LogP contribution in [0.15, 0.2) is 72.8 Å². The molecule has 0 saturated carbocycles. The molecule has 3 rings (SSSR count). The van der Waals surface area contributed by atoms with E-state index in [1.807, 2.05) is 55.5 Å². The molecule has 3 aromatic carbocycles. The second-order valence-corrected chi connectivity index (χ2v) is 6.97. The van der Waals surface area contributed by atoms with Gasteiger partial charge in [0.25, 0.3) is 11.6 Å². The number of nitrogens with zero attached hydrogens (tertiary/aromatic N) is 2. The summed E-state index contributed by atoms with van der Waals surface area (Å²) < 4.78 is 0. The minimum Gasteiger partial charge on any atom is -0.331 e. The highest BCUT2D eigenvalue weighted by Crippen LogP contribution is 2.34. The van der Waals surface area contributed by atoms with Gasteiger partial charge in [0, 0.05) is 29.8 Å². The number of nitro groups is 1. The van der Waals surface area contributed by atoms with Gasteiger partial charge >= 0.3 is 0 Å². The average molecular weight is 395 g/mol. The van der Waals surface area contributed by atoms with E-state index in [0.29, 0.717) is 10.6 Å². The number of rotatable bonds is 5. The molecule has 0 spiro atoms. The third kappa shape index (κ3) is 4.05. The van der Waals surface area contributed by atoms with Crippen molar-refractivity contribution in [3.05, 3.63) is 110 Å². The molecule has 6 heteroatoms. The molecule has 0 aliphatic heterocycles. The summed E-state index contributed by atoms with van der Waals surface area (Å²) in [6.45, 7) is 1.96. The van der Waals surface area contributed by atoms with E-state index in [4.69, 9.17) is 11.6 Å². The van der Waals surface area contributed by atoms with E-state index in [1.54, 1.807) is 11.9 Å². The Morgan fingerprint density at radius 2 is 1.68 bits per heavy atom. The quantitative estimate of drug-likeness (QED) is 0.428. The predicted molar refractivity (Wildman–Crippen MR) is 110 cm³/mol. The first-order chi connectivity index (χ1) is 13.4. The smallest absolute Gasteiger partial charge is 0.269 e. The molecular weight excluding hydrogens is 376 g/mol. The van der Waals surface area contributed by atoms with Crippen LogP contribution < -0.4 is 0 Å². The number of carbonyl (C=O) groups is 1. The maximum absolute atomic E-state index is 13.1. The van der Waals surface area contributed by atoms with Crippen LogP contribution in [0.5, 0.6) is 0 Å². The van der Waals surface area contributed by atoms with E-state index in [1.165, 1.54) is 24.3 Å². The van der Waals surface area contributed by atoms with Gasteiger partial charge in [-0.2, -0.15) is 0 Å². The van der Waals surface area contributed by atoms with Crippen molar-refractivity contribution in [1.82, 2.24) is 4.90 Å². The standard InChI is InChI=1S/C22H19ClN2O3/c1-15-8-13-19(20(23)14-15)21(16-6-4-3-5-7-16)24(2)22(26)17-9-11-18(12-10-17)25(27)28/h3-14,21H,1-2H3/t21-/m1/s1. The first-order valence-electron chi connectivity index (χ1n) is 8.71. The number of nitro benzene ring substituents is 1. The molecule has 0 saturated heterocycles. The molecule has 1 amide bonds. The van der Waals surface area contributed by atoms with Crippen molar-refractivity contribution >= 4 is 23.2 Å². The third-order valence-electron chi connectivity index (χ3n) is 4.60. The lowest BCUT2D eigenvalue weighted by atomic mass is 9.96. The average Bonchev–Trinajstić information content (AvgIpc) is 2.70. The zero-order valence-corrected chi connectivity index (χ0v) is 16.3. The summed E-state index contributed by atoms with van der Waals surface area (Å²) in [5, 5.41) is 11.4. The Balaban J connectivity index is 2.02. The Morgan fingerprint density at radius 1 is 1.04 bits per heavy atom. The van der Waals surface area contributed by atoms with E-state index >= 15 is 0 Å². The molecule has 0 radical (unpaired) electrons. The van der Waals surface area contributed by atoms with Crippen molar-refractivity contribution in [1.29, 1.82) is 0 Å². The zero-order chi connectivity index (χ0) is 20.3. The summed E-state index contributed by atoms with van der Waals surface area (Å²) in [6, 6.07) is 20.6. The van der Waals surface area contributed by atoms with Crippen LogP contribution in [0.3, 0.4) is 0 Å². The van der Waals surface area contributed by atoms with E-state index in [2.05, 4.69) is 0 Å². The normalized spacial score (nSPS) is 11.7. The highest BCUT2D eigenvalue weighted by molar-refractivity contribution is 6.31. The second-order valence-electron chi connectivity index (χ2n) is 6.56. The topological polar surface area (TPSA) is 63.5 Å². The predicted octanol–water partition coefficient (Wildman–Crippen LogP) is 5.42. The van der Waals surface area contributed by atoms with Crippen molar-refractivity contribution in [2.24, 2.45) is 0 Å². The lowest BCUT2D eigenvalue weighted by molar-refractivity contribution is -0.384. The van der Waals surface area contributed by atoms with E-state index in [9.17, 15) is 14.9 Å². The fraction of sp³-hybridized carbons (Fsp3) is 0.136. The van der Waals surface area contributed by atoms with Gasteiger partial charge in [0.1, 0.15) is 0 Å². The van der Waals surface area contributed by atoms with Crippen LogP contribution in [0, 0.1) is 17.0 Å². The number of halogens is 1. The number of hydrogen-bond donors (Lipinski definition) is 0. The Hall–Kier alpha value is -3.18. The molecule has 28 heavy (non-hydrogen) atoms. The first-order valence-corrected chi connectivity index (χ1v) is 9.09. The van der Waals surface area contributed by atoms with E-state index in [-0.39, 0.29) is 11.6 Å². The van der Waals surface area contributed by atoms with Gasteiger partial charge in [-0.1, -0.05) is 54.1 Å². The van der Waals surface area contributed by atoms with E-state index < -0.39 is 11.0 Å². The van der Waals surface area contributed by atoms with Gasteiger partial charge in [-0.05, 0) is 41.8 Å². The number of benzene rings is 3. The molecule has 5 nitrogen and oxygen atoms in total. The van der Waals surface area contributed by atoms with Crippen molar-refractivity contribution in [2.45, 2.75) is 13.0 Å². The largest absolute Gasteiger partial charge is 0.331 e. The Kier molecular flexibility index (Phi) is 5.76. The molecule has 142 valence electrons. The van der Waals surface area contributed by atoms with Gasteiger partial charge in [-0.3, -0.25) is 14.9 Å². The molecule has 0 fully saturated rings. The third-order valence-corrected chi connectivity index (χ3v) is 4.93. The van der Waals surface area contributed by atoms with Crippen LogP contribution in [0.4, 0.5) is 5.69 Å². The Morgan fingerprint density at radius 3 is 2.25 bits per heavy atom. The maximum atomic E-state index is 13.1. The van der Waals surface area contributed by atoms with Gasteiger partial charge in [0.2, 0.25) is 0 Å². The Labute approximate surface area is 168 Å². The minimum absolute atomic E-state index is 0.0552. The van der Waals surface area contributed by atoms with Crippen LogP contribution in [0.1, 0.15) is 33.1 Å². The Bertz CT molecular complexity index is 1000. The molecule has 1 atom stereocenters. The summed E-state index contributed by atoms with van der Waals surface area (Å²) in [5.74, 6) is -0.250. The summed E-state index contributed by atoms with van der Waals surface area (Å²) >= 11 is 6.51. The lowest BCUT2D eigenvalue weighted by Crippen LogP contribution is -2.32. The van der Waals surface area contributed by atoms with Crippen LogP contribution in [-0.4, -0.2) is 22.8 Å². The van der Waals surface area contributed by atoms with Crippen molar-refractivity contribution < 1.29 is 9.72 Å². The second kappa shape index (κ2) is 8.23. The van der Waals surface area contributed by atoms with E-state index in [0.717, 1.165) is 16.7 Å². The van der Waals surface area contributed by atoms with Crippen molar-refractivity contribution in [2.75, 3.05) is 7.05 Å². The highest BCUT2D eigenvalue weighted by atomic mass is 35.5. The van der Waals surface area contributed by atoms with Gasteiger partial charge in [-0.15, -0.1) is 0 Å². The molecule has 0 aromatic heterocycles. The number of hydrogen-bond acceptors (Lipinski definition) is 3. The van der Waals surface area contributed by atoms with Crippen LogP contribution in [0.25, 0.3) is 0 Å². The molecule has 3 aromatic rings. The fourth-order valence-electron chi connectivity index (χ4n) is 3.15. The van der Waals surface area contributed by atoms with Gasteiger partial charge in [0.15, 0.2) is 0 Å². The summed E-state index contributed by atoms with van der Waals surface area (Å²) in [6.07, 6.45) is 0. The minimum atomic E-state index is -0.489. The van der Waals surface area contributed by atoms with Crippen LogP contribution >= 0.6 is 11.6 Å². The summed E-state index contributed by atoms with van der Waals surface area (Å²) in [4.78, 5) is 25.1. The van der Waals surface area contributed by atoms with Gasteiger partial charge in [0.05, 0.1) is 11.0 Å². The first kappa shape index (κ1) is 19.6. The van der Waals surface area contributed by atoms with Gasteiger partial charge < -0.3 is 4.90 Å². The number of amides is 1. The molecule has 0 N–H and O–H groups in total. The van der Waals surface area contributed by atoms with Crippen LogP contribution in [-0.2, 0) is 0 Å². The maximum Gasteiger partial charge on any atom is 0.269 e. The summed E-state index contributed by atoms with van der Waals surface area (Å²) in [7, 11) is 1.71. The number of aryl methyl sites for hydroxylation is 1. The molecule has 0 unspecified atom stereocenters. The molecule has 0 aliphatic carbocycles. The molecule has 0 bridgehead atoms. The molecule has 0 aliphatic rings. The monoisotopic (exact) mass is 394 g/mol. The lowest BCUT2D eigenvalue weighted by Gasteiger charge is -2.30. The molecule has 0 heterocycles. The van der Waals surface area contributed by atoms with Crippen molar-refractivity contribution in [3.63, 3.8) is 0 Å². The molecular formula is C22H19ClN2O3. The highest BCUT2D eigenvalue weighted by Gasteiger charge is 2.26. The number of carbonyl (C=O) groups excluding carboxylic acids is 1. The van der Waals surface area contributed by atoms with Crippen molar-refractivity contribution in [3.8, 4) is 0 Å². The summed E-state index contributed by atoms with van der Waals surface area (Å²) in [5.41, 5.74) is 3.09. The number of non-ortho nitro benzene ring substituents is 1. The van der Waals surface area contributed by atoms with Gasteiger partial charge in [-0.25, -0.2) is 0 Å². The fourth-order valence-corrected chi connectivity index (χ4v) is 3.49. The zero-order valence-electron chi connectivity index (χ0n) is 15.5.